The topological polar surface area (TPSA) is 92.8 Å². The number of aromatic amines is 1. The van der Waals surface area contributed by atoms with Gasteiger partial charge in [0.25, 0.3) is 5.88 Å². The van der Waals surface area contributed by atoms with Gasteiger partial charge in [-0.25, -0.2) is 19.3 Å². The molecule has 0 fully saturated rings. The van der Waals surface area contributed by atoms with Crippen LogP contribution in [0, 0.1) is 17.7 Å². The Morgan fingerprint density at radius 2 is 1.91 bits per heavy atom. The molecule has 0 bridgehead atoms. The molecule has 0 saturated heterocycles. The fourth-order valence-electron chi connectivity index (χ4n) is 4.93. The van der Waals surface area contributed by atoms with E-state index < -0.39 is 5.82 Å². The van der Waals surface area contributed by atoms with Crippen LogP contribution >= 0.6 is 0 Å². The molecule has 2 N–H and O–H groups in total. The Morgan fingerprint density at radius 1 is 1.09 bits per heavy atom. The lowest BCUT2D eigenvalue weighted by Crippen LogP contribution is -2.25. The van der Waals surface area contributed by atoms with Crippen molar-refractivity contribution >= 4 is 5.78 Å². The molecule has 178 valence electrons. The van der Waals surface area contributed by atoms with E-state index in [1.54, 1.807) is 6.20 Å². The van der Waals surface area contributed by atoms with Gasteiger partial charge in [0.05, 0.1) is 17.0 Å². The molecule has 5 rings (SSSR count). The van der Waals surface area contributed by atoms with Gasteiger partial charge < -0.3 is 15.0 Å². The Morgan fingerprint density at radius 3 is 2.68 bits per heavy atom. The van der Waals surface area contributed by atoms with Gasteiger partial charge in [-0.1, -0.05) is 27.7 Å². The molecule has 0 spiro atoms. The molecule has 0 saturated carbocycles. The predicted octanol–water partition coefficient (Wildman–Crippen LogP) is 4.58. The minimum Gasteiger partial charge on any atom is -0.417 e. The first kappa shape index (κ1) is 22.7. The Kier molecular flexibility index (Phi) is 5.93. The number of ether oxygens (including phenoxy) is 1. The Bertz CT molecular complexity index is 1260. The highest BCUT2D eigenvalue weighted by atomic mass is 19.1. The van der Waals surface area contributed by atoms with Gasteiger partial charge in [0.15, 0.2) is 11.6 Å². The molecule has 0 amide bonds. The molecule has 3 aromatic heterocycles. The van der Waals surface area contributed by atoms with Crippen molar-refractivity contribution in [3.05, 3.63) is 52.0 Å². The van der Waals surface area contributed by atoms with Crippen molar-refractivity contribution in [2.24, 2.45) is 11.8 Å². The van der Waals surface area contributed by atoms with Crippen molar-refractivity contribution < 1.29 is 13.9 Å². The van der Waals surface area contributed by atoms with Gasteiger partial charge >= 0.3 is 0 Å². The minimum atomic E-state index is -0.532. The maximum absolute atomic E-state index is 16.0. The first-order valence-electron chi connectivity index (χ1n) is 12.0. The maximum Gasteiger partial charge on any atom is 0.258 e. The summed E-state index contributed by atoms with van der Waals surface area (Å²) in [5.41, 5.74) is 6.20. The number of carbonyl (C=O) groups excluding carboxylic acids is 1. The summed E-state index contributed by atoms with van der Waals surface area (Å²) in [5.74, 6) is -0.00172. The Balaban J connectivity index is 1.60. The highest BCUT2D eigenvalue weighted by Gasteiger charge is 2.32. The van der Waals surface area contributed by atoms with Gasteiger partial charge in [0.1, 0.15) is 6.33 Å². The van der Waals surface area contributed by atoms with E-state index in [2.05, 4.69) is 39.1 Å². The monoisotopic (exact) mass is 463 g/mol. The summed E-state index contributed by atoms with van der Waals surface area (Å²) in [7, 11) is 0. The van der Waals surface area contributed by atoms with Crippen LogP contribution in [0.15, 0.2) is 12.5 Å². The van der Waals surface area contributed by atoms with E-state index in [0.29, 0.717) is 42.4 Å². The molecule has 1 aliphatic heterocycles. The summed E-state index contributed by atoms with van der Waals surface area (Å²) in [6, 6.07) is 0. The second kappa shape index (κ2) is 8.91. The average molecular weight is 464 g/mol. The Labute approximate surface area is 198 Å². The number of nitrogens with one attached hydrogen (secondary N) is 2. The van der Waals surface area contributed by atoms with E-state index in [1.165, 1.54) is 6.33 Å². The number of rotatable bonds is 6. The summed E-state index contributed by atoms with van der Waals surface area (Å²) in [6.07, 6.45) is 5.92. The molecule has 2 aliphatic rings. The average Bonchev–Trinajstić information content (AvgIpc) is 3.17. The number of ketones is 1. The highest BCUT2D eigenvalue weighted by molar-refractivity contribution is 6.02. The predicted molar refractivity (Wildman–Crippen MR) is 127 cm³/mol. The fraction of sp³-hybridized carbons (Fsp3) is 0.462. The second-order valence-corrected chi connectivity index (χ2v) is 9.86. The zero-order valence-electron chi connectivity index (χ0n) is 20.1. The zero-order valence-corrected chi connectivity index (χ0v) is 20.1. The molecule has 34 heavy (non-hydrogen) atoms. The second-order valence-electron chi connectivity index (χ2n) is 9.86. The number of fused-ring (bicyclic) bond motifs is 4. The summed E-state index contributed by atoms with van der Waals surface area (Å²) >= 11 is 0. The molecular weight excluding hydrogens is 433 g/mol. The van der Waals surface area contributed by atoms with Crippen molar-refractivity contribution in [1.29, 1.82) is 0 Å². The van der Waals surface area contributed by atoms with Gasteiger partial charge in [-0.2, -0.15) is 0 Å². The number of aromatic nitrogens is 4. The van der Waals surface area contributed by atoms with Crippen molar-refractivity contribution in [3.63, 3.8) is 0 Å². The Hall–Kier alpha value is -3.13. The molecular formula is C26H30FN5O2. The first-order chi connectivity index (χ1) is 16.3. The minimum absolute atomic E-state index is 0.0997. The van der Waals surface area contributed by atoms with Crippen molar-refractivity contribution in [1.82, 2.24) is 25.3 Å². The normalized spacial score (nSPS) is 14.7. The third kappa shape index (κ3) is 3.90. The molecule has 0 radical (unpaired) electrons. The molecule has 1 aliphatic carbocycles. The van der Waals surface area contributed by atoms with E-state index >= 15 is 4.39 Å². The number of H-pyrrole nitrogens is 1. The summed E-state index contributed by atoms with van der Waals surface area (Å²) in [4.78, 5) is 29.4. The van der Waals surface area contributed by atoms with Crippen LogP contribution in [0.25, 0.3) is 11.3 Å². The van der Waals surface area contributed by atoms with Gasteiger partial charge in [-0.15, -0.1) is 0 Å². The molecule has 7 nitrogen and oxygen atoms in total. The summed E-state index contributed by atoms with van der Waals surface area (Å²) in [5, 5.41) is 3.28. The van der Waals surface area contributed by atoms with Crippen molar-refractivity contribution in [3.8, 4) is 23.0 Å². The highest BCUT2D eigenvalue weighted by Crippen LogP contribution is 2.41. The number of nitrogens with zero attached hydrogens (tertiary/aromatic N) is 3. The molecule has 0 atom stereocenters. The van der Waals surface area contributed by atoms with Gasteiger partial charge in [0.2, 0.25) is 5.88 Å². The number of Topliss-reactive ketones (excluding diaryl/α,β-unsaturated/α-hetero) is 1. The van der Waals surface area contributed by atoms with E-state index in [9.17, 15) is 4.79 Å². The molecule has 8 heteroatoms. The lowest BCUT2D eigenvalue weighted by Gasteiger charge is -2.20. The number of halogens is 1. The fourth-order valence-corrected chi connectivity index (χ4v) is 4.93. The van der Waals surface area contributed by atoms with Gasteiger partial charge in [-0.05, 0) is 36.3 Å². The lowest BCUT2D eigenvalue weighted by atomic mass is 9.86. The standard InChI is InChI=1S/C26H30FN5O2/c1-13(2)9-19-21(24(33)14(3)4)16-6-5-15-10-29-26(22(27)20(15)23(16)32-19)34-25-17-11-28-8-7-18(17)30-12-31-25/h10,12-14,28,32H,5-9,11H2,1-4H3. The lowest BCUT2D eigenvalue weighted by molar-refractivity contribution is 0.0937. The van der Waals surface area contributed by atoms with Crippen molar-refractivity contribution in [2.75, 3.05) is 6.54 Å². The van der Waals surface area contributed by atoms with E-state index in [1.807, 2.05) is 13.8 Å². The summed E-state index contributed by atoms with van der Waals surface area (Å²) < 4.78 is 21.9. The van der Waals surface area contributed by atoms with E-state index in [4.69, 9.17) is 4.74 Å². The summed E-state index contributed by atoms with van der Waals surface area (Å²) in [6.45, 7) is 9.45. The third-order valence-electron chi connectivity index (χ3n) is 6.55. The van der Waals surface area contributed by atoms with Gasteiger partial charge in [0, 0.05) is 48.4 Å². The molecule has 0 unspecified atom stereocenters. The third-order valence-corrected chi connectivity index (χ3v) is 6.55. The zero-order chi connectivity index (χ0) is 24.0. The van der Waals surface area contributed by atoms with Gasteiger partial charge in [-0.3, -0.25) is 4.79 Å². The smallest absolute Gasteiger partial charge is 0.258 e. The molecule has 4 heterocycles. The number of pyridine rings is 1. The van der Waals surface area contributed by atoms with Crippen LogP contribution in [-0.2, 0) is 32.2 Å². The maximum atomic E-state index is 16.0. The number of carbonyl (C=O) groups is 1. The van der Waals surface area contributed by atoms with Crippen LogP contribution in [0.5, 0.6) is 11.8 Å². The van der Waals surface area contributed by atoms with Crippen LogP contribution in [0.1, 0.15) is 66.1 Å². The van der Waals surface area contributed by atoms with Crippen LogP contribution in [0.2, 0.25) is 0 Å². The molecule has 3 aromatic rings. The largest absolute Gasteiger partial charge is 0.417 e. The SMILES string of the molecule is CC(C)Cc1[nH]c2c(c1C(=O)C(C)C)CCc1cnc(Oc3ncnc4c3CNCC4)c(F)c1-2. The van der Waals surface area contributed by atoms with Crippen molar-refractivity contribution in [2.45, 2.75) is 59.9 Å². The van der Waals surface area contributed by atoms with Crippen LogP contribution in [-0.4, -0.2) is 32.3 Å². The van der Waals surface area contributed by atoms with Crippen LogP contribution in [0.3, 0.4) is 0 Å². The van der Waals surface area contributed by atoms with Crippen LogP contribution < -0.4 is 10.1 Å². The molecule has 0 aromatic carbocycles. The number of hydrogen-bond acceptors (Lipinski definition) is 6. The first-order valence-corrected chi connectivity index (χ1v) is 12.0. The van der Waals surface area contributed by atoms with E-state index in [0.717, 1.165) is 53.0 Å². The van der Waals surface area contributed by atoms with E-state index in [-0.39, 0.29) is 17.6 Å². The number of aryl methyl sites for hydroxylation is 1. The van der Waals surface area contributed by atoms with Crippen LogP contribution in [0.4, 0.5) is 4.39 Å². The quantitative estimate of drug-likeness (QED) is 0.520. The number of hydrogen-bond donors (Lipinski definition) is 2.